The maximum atomic E-state index is 13.7. The van der Waals surface area contributed by atoms with Crippen LogP contribution in [0.4, 0.5) is 5.69 Å². The standard InChI is InChI=1S/C29H40ClN3O5S/c1-20-16-33(21(2)19-34)29(35)26-15-24(31-39(36,37)25-12-9-23(30)10-13-25)11-14-27(26)38-28(20)18-32(3)17-22-7-5-4-6-8-22/h9-15,20-22,28,31,34H,4-8,16-19H2,1-3H3/t20-,21+,28-/m0/s1. The number of benzene rings is 2. The minimum Gasteiger partial charge on any atom is -0.488 e. The number of ether oxygens (including phenoxy) is 1. The molecule has 0 spiro atoms. The Kier molecular flexibility index (Phi) is 9.80. The number of carbonyl (C=O) groups excluding carboxylic acids is 1. The normalized spacial score (nSPS) is 21.6. The number of nitrogens with one attached hydrogen (secondary N) is 1. The quantitative estimate of drug-likeness (QED) is 0.441. The van der Waals surface area contributed by atoms with Gasteiger partial charge in [-0.15, -0.1) is 0 Å². The Hall–Kier alpha value is -2.33. The minimum absolute atomic E-state index is 0.0213. The molecular weight excluding hydrogens is 538 g/mol. The first-order chi connectivity index (χ1) is 18.6. The van der Waals surface area contributed by atoms with Crippen molar-refractivity contribution in [1.82, 2.24) is 9.80 Å². The van der Waals surface area contributed by atoms with Gasteiger partial charge in [0.1, 0.15) is 11.9 Å². The van der Waals surface area contributed by atoms with Gasteiger partial charge in [0, 0.05) is 36.3 Å². The molecule has 214 valence electrons. The molecule has 1 aliphatic heterocycles. The Morgan fingerprint density at radius 3 is 2.49 bits per heavy atom. The molecule has 2 N–H and O–H groups in total. The van der Waals surface area contributed by atoms with E-state index in [-0.39, 0.29) is 40.7 Å². The summed E-state index contributed by atoms with van der Waals surface area (Å²) in [7, 11) is -1.77. The van der Waals surface area contributed by atoms with Crippen molar-refractivity contribution in [3.8, 4) is 5.75 Å². The molecule has 3 atom stereocenters. The molecule has 1 saturated carbocycles. The zero-order valence-electron chi connectivity index (χ0n) is 23.0. The van der Waals surface area contributed by atoms with Crippen molar-refractivity contribution in [2.24, 2.45) is 11.8 Å². The monoisotopic (exact) mass is 577 g/mol. The third kappa shape index (κ3) is 7.45. The predicted octanol–water partition coefficient (Wildman–Crippen LogP) is 4.87. The molecule has 1 aliphatic carbocycles. The van der Waals surface area contributed by atoms with E-state index in [1.54, 1.807) is 17.0 Å². The number of rotatable bonds is 9. The summed E-state index contributed by atoms with van der Waals surface area (Å²) >= 11 is 5.91. The van der Waals surface area contributed by atoms with Crippen molar-refractivity contribution in [1.29, 1.82) is 0 Å². The summed E-state index contributed by atoms with van der Waals surface area (Å²) in [6.07, 6.45) is 6.25. The number of fused-ring (bicyclic) bond motifs is 1. The van der Waals surface area contributed by atoms with Crippen molar-refractivity contribution >= 4 is 33.2 Å². The number of hydrogen-bond acceptors (Lipinski definition) is 6. The van der Waals surface area contributed by atoms with E-state index in [1.807, 2.05) is 6.92 Å². The maximum Gasteiger partial charge on any atom is 0.261 e. The van der Waals surface area contributed by atoms with Gasteiger partial charge in [0.25, 0.3) is 15.9 Å². The van der Waals surface area contributed by atoms with Gasteiger partial charge in [-0.3, -0.25) is 9.52 Å². The first kappa shape index (κ1) is 29.6. The van der Waals surface area contributed by atoms with Crippen molar-refractivity contribution in [2.75, 3.05) is 38.0 Å². The van der Waals surface area contributed by atoms with E-state index in [2.05, 4.69) is 23.6 Å². The average molecular weight is 578 g/mol. The maximum absolute atomic E-state index is 13.7. The minimum atomic E-state index is -3.90. The van der Waals surface area contributed by atoms with Crippen LogP contribution in [0.1, 0.15) is 56.3 Å². The predicted molar refractivity (Wildman–Crippen MR) is 154 cm³/mol. The van der Waals surface area contributed by atoms with Crippen LogP contribution in [0.3, 0.4) is 0 Å². The van der Waals surface area contributed by atoms with E-state index in [1.165, 1.54) is 62.4 Å². The van der Waals surface area contributed by atoms with Gasteiger partial charge in [-0.05, 0) is 75.2 Å². The second kappa shape index (κ2) is 12.9. The lowest BCUT2D eigenvalue weighted by molar-refractivity contribution is 0.0330. The van der Waals surface area contributed by atoms with Crippen LogP contribution in [0.25, 0.3) is 0 Å². The fourth-order valence-corrected chi connectivity index (χ4v) is 6.70. The van der Waals surface area contributed by atoms with Crippen LogP contribution in [0, 0.1) is 11.8 Å². The van der Waals surface area contributed by atoms with Gasteiger partial charge >= 0.3 is 0 Å². The molecular formula is C29H40ClN3O5S. The number of nitrogens with zero attached hydrogens (tertiary/aromatic N) is 2. The summed E-state index contributed by atoms with van der Waals surface area (Å²) in [5.41, 5.74) is 0.510. The van der Waals surface area contributed by atoms with E-state index < -0.39 is 16.1 Å². The highest BCUT2D eigenvalue weighted by Crippen LogP contribution is 2.32. The SMILES string of the molecule is C[C@H](CO)N1C[C@H](C)[C@H](CN(C)CC2CCCCC2)Oc2ccc(NS(=O)(=O)c3ccc(Cl)cc3)cc2C1=O. The molecule has 0 bridgehead atoms. The molecule has 0 saturated heterocycles. The fraction of sp³-hybridized carbons (Fsp3) is 0.552. The van der Waals surface area contributed by atoms with Crippen molar-refractivity contribution in [3.63, 3.8) is 0 Å². The third-order valence-electron chi connectivity index (χ3n) is 7.83. The van der Waals surface area contributed by atoms with Crippen LogP contribution >= 0.6 is 11.6 Å². The van der Waals surface area contributed by atoms with Gasteiger partial charge in [0.15, 0.2) is 0 Å². The van der Waals surface area contributed by atoms with Crippen LogP contribution in [-0.4, -0.2) is 74.7 Å². The number of hydrogen-bond donors (Lipinski definition) is 2. The molecule has 1 heterocycles. The second-order valence-electron chi connectivity index (χ2n) is 11.1. The smallest absolute Gasteiger partial charge is 0.261 e. The van der Waals surface area contributed by atoms with Crippen LogP contribution in [0.15, 0.2) is 47.4 Å². The van der Waals surface area contributed by atoms with E-state index >= 15 is 0 Å². The number of anilines is 1. The molecule has 39 heavy (non-hydrogen) atoms. The Labute approximate surface area is 237 Å². The molecule has 1 fully saturated rings. The van der Waals surface area contributed by atoms with E-state index in [4.69, 9.17) is 16.3 Å². The Balaban J connectivity index is 1.60. The number of aliphatic hydroxyl groups excluding tert-OH is 1. The molecule has 10 heteroatoms. The third-order valence-corrected chi connectivity index (χ3v) is 9.48. The van der Waals surface area contributed by atoms with Crippen molar-refractivity contribution < 1.29 is 23.1 Å². The molecule has 4 rings (SSSR count). The molecule has 0 aromatic heterocycles. The molecule has 1 amide bonds. The van der Waals surface area contributed by atoms with Gasteiger partial charge in [-0.25, -0.2) is 8.42 Å². The number of likely N-dealkylation sites (N-methyl/N-ethyl adjacent to an activating group) is 1. The summed E-state index contributed by atoms with van der Waals surface area (Å²) in [4.78, 5) is 17.7. The van der Waals surface area contributed by atoms with Gasteiger partial charge in [0.05, 0.1) is 23.1 Å². The van der Waals surface area contributed by atoms with Crippen molar-refractivity contribution in [2.45, 2.75) is 63.0 Å². The number of halogens is 1. The Morgan fingerprint density at radius 1 is 1.13 bits per heavy atom. The lowest BCUT2D eigenvalue weighted by Gasteiger charge is -2.38. The number of amides is 1. The van der Waals surface area contributed by atoms with E-state index in [0.29, 0.717) is 29.8 Å². The summed E-state index contributed by atoms with van der Waals surface area (Å²) in [5.74, 6) is 0.823. The van der Waals surface area contributed by atoms with Gasteiger partial charge < -0.3 is 19.6 Å². The van der Waals surface area contributed by atoms with Gasteiger partial charge in [0.2, 0.25) is 0 Å². The van der Waals surface area contributed by atoms with Crippen molar-refractivity contribution in [3.05, 3.63) is 53.1 Å². The number of sulfonamides is 1. The van der Waals surface area contributed by atoms with E-state index in [0.717, 1.165) is 6.54 Å². The molecule has 0 radical (unpaired) electrons. The summed E-state index contributed by atoms with van der Waals surface area (Å²) < 4.78 is 35.0. The Bertz CT molecular complexity index is 1230. The molecule has 8 nitrogen and oxygen atoms in total. The summed E-state index contributed by atoms with van der Waals surface area (Å²) in [6, 6.07) is 10.2. The zero-order valence-corrected chi connectivity index (χ0v) is 24.5. The highest BCUT2D eigenvalue weighted by atomic mass is 35.5. The lowest BCUT2D eigenvalue weighted by atomic mass is 9.89. The fourth-order valence-electron chi connectivity index (χ4n) is 5.52. The highest BCUT2D eigenvalue weighted by Gasteiger charge is 2.34. The summed E-state index contributed by atoms with van der Waals surface area (Å²) in [6.45, 7) is 5.84. The lowest BCUT2D eigenvalue weighted by Crippen LogP contribution is -2.50. The molecule has 0 unspecified atom stereocenters. The van der Waals surface area contributed by atoms with Crippen LogP contribution in [0.2, 0.25) is 5.02 Å². The summed E-state index contributed by atoms with van der Waals surface area (Å²) in [5, 5.41) is 10.3. The second-order valence-corrected chi connectivity index (χ2v) is 13.2. The first-order valence-electron chi connectivity index (χ1n) is 13.8. The number of carbonyl (C=O) groups is 1. The molecule has 2 aromatic rings. The van der Waals surface area contributed by atoms with Crippen LogP contribution < -0.4 is 9.46 Å². The zero-order chi connectivity index (χ0) is 28.2. The number of aliphatic hydroxyl groups is 1. The molecule has 2 aromatic carbocycles. The van der Waals surface area contributed by atoms with E-state index in [9.17, 15) is 18.3 Å². The Morgan fingerprint density at radius 2 is 1.82 bits per heavy atom. The van der Waals surface area contributed by atoms with Crippen LogP contribution in [0.5, 0.6) is 5.75 Å². The largest absolute Gasteiger partial charge is 0.488 e. The highest BCUT2D eigenvalue weighted by molar-refractivity contribution is 7.92. The van der Waals surface area contributed by atoms with Gasteiger partial charge in [-0.2, -0.15) is 0 Å². The van der Waals surface area contributed by atoms with Crippen LogP contribution in [-0.2, 0) is 10.0 Å². The van der Waals surface area contributed by atoms with Gasteiger partial charge in [-0.1, -0.05) is 37.8 Å². The topological polar surface area (TPSA) is 99.2 Å². The first-order valence-corrected chi connectivity index (χ1v) is 15.6. The molecule has 2 aliphatic rings. The average Bonchev–Trinajstić information content (AvgIpc) is 2.91.